The van der Waals surface area contributed by atoms with Crippen molar-refractivity contribution in [2.45, 2.75) is 32.2 Å². The number of thiazole rings is 1. The van der Waals surface area contributed by atoms with Crippen LogP contribution < -0.4 is 10.6 Å². The van der Waals surface area contributed by atoms with Crippen molar-refractivity contribution in [1.29, 1.82) is 0 Å². The van der Waals surface area contributed by atoms with Gasteiger partial charge in [-0.25, -0.2) is 4.98 Å². The van der Waals surface area contributed by atoms with Crippen molar-refractivity contribution in [2.75, 3.05) is 6.54 Å². The number of hydrogen-bond donors (Lipinski definition) is 2. The molecular weight excluding hydrogens is 338 g/mol. The minimum atomic E-state index is -0.251. The molecule has 0 aromatic carbocycles. The fraction of sp³-hybridized carbons (Fsp3) is 0.389. The Labute approximate surface area is 150 Å². The molecular formula is C18H21N3O3S. The molecule has 25 heavy (non-hydrogen) atoms. The normalized spacial score (nSPS) is 15.2. The molecule has 0 unspecified atom stereocenters. The van der Waals surface area contributed by atoms with E-state index in [1.807, 2.05) is 12.3 Å². The van der Waals surface area contributed by atoms with Gasteiger partial charge in [-0.2, -0.15) is 0 Å². The molecule has 3 rings (SSSR count). The number of furan rings is 1. The van der Waals surface area contributed by atoms with Crippen LogP contribution in [0.2, 0.25) is 0 Å². The number of amides is 2. The van der Waals surface area contributed by atoms with E-state index in [1.165, 1.54) is 6.08 Å². The van der Waals surface area contributed by atoms with Gasteiger partial charge < -0.3 is 15.1 Å². The molecule has 2 aromatic rings. The first kappa shape index (κ1) is 17.4. The third-order valence-corrected chi connectivity index (χ3v) is 4.95. The van der Waals surface area contributed by atoms with Crippen LogP contribution in [0.25, 0.3) is 6.08 Å². The Hall–Kier alpha value is -2.41. The van der Waals surface area contributed by atoms with Gasteiger partial charge in [-0.05, 0) is 43.9 Å². The minimum Gasteiger partial charge on any atom is -0.465 e. The molecule has 2 amide bonds. The monoisotopic (exact) mass is 359 g/mol. The van der Waals surface area contributed by atoms with Crippen LogP contribution >= 0.6 is 11.3 Å². The number of hydrogen-bond acceptors (Lipinski definition) is 5. The number of nitrogens with zero attached hydrogens (tertiary/aromatic N) is 1. The van der Waals surface area contributed by atoms with E-state index in [4.69, 9.17) is 4.42 Å². The van der Waals surface area contributed by atoms with E-state index in [-0.39, 0.29) is 24.3 Å². The first-order valence-electron chi connectivity index (χ1n) is 8.32. The van der Waals surface area contributed by atoms with Crippen molar-refractivity contribution in [2.24, 2.45) is 5.92 Å². The topological polar surface area (TPSA) is 84.2 Å². The van der Waals surface area contributed by atoms with Crippen LogP contribution in [0.3, 0.4) is 0 Å². The number of carbonyl (C=O) groups is 2. The molecule has 0 bridgehead atoms. The fourth-order valence-electron chi connectivity index (χ4n) is 2.47. The quantitative estimate of drug-likeness (QED) is 0.710. The highest BCUT2D eigenvalue weighted by Gasteiger charge is 2.35. The molecule has 1 atom stereocenters. The highest BCUT2D eigenvalue weighted by molar-refractivity contribution is 7.09. The van der Waals surface area contributed by atoms with E-state index in [0.717, 1.165) is 23.5 Å². The van der Waals surface area contributed by atoms with E-state index in [2.05, 4.69) is 15.6 Å². The van der Waals surface area contributed by atoms with Crippen molar-refractivity contribution in [1.82, 2.24) is 15.6 Å². The maximum atomic E-state index is 12.2. The molecule has 2 N–H and O–H groups in total. The van der Waals surface area contributed by atoms with Crippen molar-refractivity contribution in [3.63, 3.8) is 0 Å². The lowest BCUT2D eigenvalue weighted by Crippen LogP contribution is -2.33. The summed E-state index contributed by atoms with van der Waals surface area (Å²) in [6.45, 7) is 2.25. The summed E-state index contributed by atoms with van der Waals surface area (Å²) in [6, 6.07) is 3.51. The van der Waals surface area contributed by atoms with Crippen LogP contribution in [0.5, 0.6) is 0 Å². The molecule has 0 aliphatic heterocycles. The van der Waals surface area contributed by atoms with Gasteiger partial charge in [-0.1, -0.05) is 0 Å². The summed E-state index contributed by atoms with van der Waals surface area (Å²) in [5.74, 6) is 0.776. The van der Waals surface area contributed by atoms with E-state index >= 15 is 0 Å². The molecule has 1 aliphatic carbocycles. The van der Waals surface area contributed by atoms with E-state index in [0.29, 0.717) is 18.2 Å². The van der Waals surface area contributed by atoms with Crippen molar-refractivity contribution in [3.8, 4) is 0 Å². The fourth-order valence-corrected chi connectivity index (χ4v) is 3.41. The zero-order valence-electron chi connectivity index (χ0n) is 14.0. The molecule has 7 heteroatoms. The first-order valence-corrected chi connectivity index (χ1v) is 9.20. The highest BCUT2D eigenvalue weighted by Crippen LogP contribution is 2.41. The van der Waals surface area contributed by atoms with Gasteiger partial charge in [0.1, 0.15) is 10.8 Å². The van der Waals surface area contributed by atoms with Gasteiger partial charge in [0.15, 0.2) is 0 Å². The molecule has 0 spiro atoms. The third-order valence-electron chi connectivity index (χ3n) is 3.91. The Kier molecular flexibility index (Phi) is 5.65. The van der Waals surface area contributed by atoms with Crippen LogP contribution in [0.1, 0.15) is 41.8 Å². The van der Waals surface area contributed by atoms with Gasteiger partial charge in [0.25, 0.3) is 0 Å². The molecule has 132 valence electrons. The molecule has 1 aliphatic rings. The second-order valence-electron chi connectivity index (χ2n) is 6.10. The molecule has 0 radical (unpaired) electrons. The summed E-state index contributed by atoms with van der Waals surface area (Å²) in [4.78, 5) is 28.4. The summed E-state index contributed by atoms with van der Waals surface area (Å²) in [5, 5.41) is 8.73. The first-order chi connectivity index (χ1) is 12.1. The molecule has 0 saturated heterocycles. The van der Waals surface area contributed by atoms with Crippen molar-refractivity contribution in [3.05, 3.63) is 46.3 Å². The molecule has 2 aromatic heterocycles. The summed E-state index contributed by atoms with van der Waals surface area (Å²) < 4.78 is 5.11. The van der Waals surface area contributed by atoms with Gasteiger partial charge in [0, 0.05) is 30.1 Å². The van der Waals surface area contributed by atoms with Crippen molar-refractivity contribution >= 4 is 29.2 Å². The minimum absolute atomic E-state index is 0.000694. The van der Waals surface area contributed by atoms with E-state index < -0.39 is 0 Å². The highest BCUT2D eigenvalue weighted by atomic mass is 32.1. The van der Waals surface area contributed by atoms with Gasteiger partial charge >= 0.3 is 0 Å². The second kappa shape index (κ2) is 8.11. The Bertz CT molecular complexity index is 747. The lowest BCUT2D eigenvalue weighted by Gasteiger charge is -2.15. The van der Waals surface area contributed by atoms with E-state index in [1.54, 1.807) is 35.8 Å². The maximum Gasteiger partial charge on any atom is 0.244 e. The summed E-state index contributed by atoms with van der Waals surface area (Å²) in [5.41, 5.74) is 0.982. The molecule has 1 fully saturated rings. The SMILES string of the molecule is Cc1csc([C@@H](NC(=O)CCNC(=O)/C=C/c2ccco2)C2CC2)n1. The number of rotatable bonds is 8. The van der Waals surface area contributed by atoms with Gasteiger partial charge in [-0.15, -0.1) is 11.3 Å². The number of aromatic nitrogens is 1. The largest absolute Gasteiger partial charge is 0.465 e. The van der Waals surface area contributed by atoms with Crippen LogP contribution in [-0.2, 0) is 9.59 Å². The Morgan fingerprint density at radius 3 is 2.96 bits per heavy atom. The number of aryl methyl sites for hydroxylation is 1. The number of carbonyl (C=O) groups excluding carboxylic acids is 2. The summed E-state index contributed by atoms with van der Waals surface area (Å²) in [7, 11) is 0. The Morgan fingerprint density at radius 2 is 2.32 bits per heavy atom. The number of nitrogens with one attached hydrogen (secondary N) is 2. The maximum absolute atomic E-state index is 12.2. The van der Waals surface area contributed by atoms with Crippen LogP contribution in [0, 0.1) is 12.8 Å². The van der Waals surface area contributed by atoms with Crippen LogP contribution in [0.15, 0.2) is 34.3 Å². The summed E-state index contributed by atoms with van der Waals surface area (Å²) >= 11 is 1.59. The van der Waals surface area contributed by atoms with Crippen LogP contribution in [0.4, 0.5) is 0 Å². The average Bonchev–Trinajstić information content (AvgIpc) is 3.11. The smallest absolute Gasteiger partial charge is 0.244 e. The molecule has 1 saturated carbocycles. The van der Waals surface area contributed by atoms with E-state index in [9.17, 15) is 9.59 Å². The molecule has 2 heterocycles. The standard InChI is InChI=1S/C18H21N3O3S/c1-12-11-25-18(20-12)17(13-4-5-13)21-16(23)8-9-19-15(22)7-6-14-3-2-10-24-14/h2-3,6-7,10-11,13,17H,4-5,8-9H2,1H3,(H,19,22)(H,21,23)/b7-6+/t17-/m0/s1. The van der Waals surface area contributed by atoms with Gasteiger partial charge in [0.2, 0.25) is 11.8 Å². The summed E-state index contributed by atoms with van der Waals surface area (Å²) in [6.07, 6.45) is 7.01. The lowest BCUT2D eigenvalue weighted by molar-refractivity contribution is -0.122. The van der Waals surface area contributed by atoms with Gasteiger partial charge in [0.05, 0.1) is 12.3 Å². The average molecular weight is 359 g/mol. The zero-order valence-corrected chi connectivity index (χ0v) is 14.8. The Balaban J connectivity index is 1.42. The Morgan fingerprint density at radius 1 is 1.48 bits per heavy atom. The predicted octanol–water partition coefficient (Wildman–Crippen LogP) is 2.83. The third kappa shape index (κ3) is 5.29. The van der Waals surface area contributed by atoms with Crippen LogP contribution in [-0.4, -0.2) is 23.3 Å². The lowest BCUT2D eigenvalue weighted by atomic mass is 10.2. The predicted molar refractivity (Wildman–Crippen MR) is 95.8 cm³/mol. The molecule has 6 nitrogen and oxygen atoms in total. The van der Waals surface area contributed by atoms with Crippen molar-refractivity contribution < 1.29 is 14.0 Å². The van der Waals surface area contributed by atoms with Gasteiger partial charge in [-0.3, -0.25) is 9.59 Å². The second-order valence-corrected chi connectivity index (χ2v) is 6.99. The zero-order chi connectivity index (χ0) is 17.6.